The average molecular weight is 392 g/mol. The maximum atomic E-state index is 10.9. The van der Waals surface area contributed by atoms with Crippen molar-refractivity contribution in [1.29, 1.82) is 0 Å². The van der Waals surface area contributed by atoms with Crippen LogP contribution >= 0.6 is 23.8 Å². The first-order chi connectivity index (χ1) is 12.5. The number of nitro groups is 1. The Kier molecular flexibility index (Phi) is 6.03. The van der Waals surface area contributed by atoms with Gasteiger partial charge in [0.25, 0.3) is 5.69 Å². The summed E-state index contributed by atoms with van der Waals surface area (Å²) in [6.07, 6.45) is 1.02. The second-order valence-corrected chi connectivity index (χ2v) is 7.19. The minimum atomic E-state index is -0.459. The van der Waals surface area contributed by atoms with Crippen LogP contribution in [0, 0.1) is 10.1 Å². The second-order valence-electron chi connectivity index (χ2n) is 6.37. The predicted octanol–water partition coefficient (Wildman–Crippen LogP) is 2.39. The number of benzene rings is 2. The Balaban J connectivity index is 1.53. The quantitative estimate of drug-likeness (QED) is 0.414. The molecule has 2 aromatic carbocycles. The molecule has 0 aliphatic carbocycles. The van der Waals surface area contributed by atoms with E-state index in [4.69, 9.17) is 23.8 Å². The highest BCUT2D eigenvalue weighted by Gasteiger charge is 2.26. The van der Waals surface area contributed by atoms with Crippen molar-refractivity contribution in [2.24, 2.45) is 0 Å². The van der Waals surface area contributed by atoms with E-state index in [9.17, 15) is 10.1 Å². The molecule has 1 heterocycles. The minimum absolute atomic E-state index is 0.0287. The summed E-state index contributed by atoms with van der Waals surface area (Å²) in [7, 11) is 0. The van der Waals surface area contributed by atoms with Gasteiger partial charge in [0.1, 0.15) is 6.54 Å². The van der Waals surface area contributed by atoms with E-state index in [1.165, 1.54) is 28.7 Å². The first-order valence-electron chi connectivity index (χ1n) is 8.40. The van der Waals surface area contributed by atoms with Crippen LogP contribution < -0.4 is 15.5 Å². The average Bonchev–Trinajstić information content (AvgIpc) is 3.04. The highest BCUT2D eigenvalue weighted by atomic mass is 35.5. The van der Waals surface area contributed by atoms with Crippen LogP contribution in [0.3, 0.4) is 0 Å². The smallest absolute Gasteiger partial charge is 0.271 e. The number of likely N-dealkylation sites (tertiary alicyclic amines) is 1. The molecule has 1 aliphatic heterocycles. The van der Waals surface area contributed by atoms with Crippen molar-refractivity contribution >= 4 is 40.3 Å². The molecule has 3 N–H and O–H groups in total. The summed E-state index contributed by atoms with van der Waals surface area (Å²) in [6, 6.07) is 14.9. The van der Waals surface area contributed by atoms with Crippen molar-refractivity contribution in [2.45, 2.75) is 19.0 Å². The monoisotopic (exact) mass is 391 g/mol. The van der Waals surface area contributed by atoms with Crippen LogP contribution in [0.15, 0.2) is 48.5 Å². The summed E-state index contributed by atoms with van der Waals surface area (Å²) in [5.41, 5.74) is 1.73. The topological polar surface area (TPSA) is 71.6 Å². The van der Waals surface area contributed by atoms with Crippen LogP contribution in [0.4, 0.5) is 11.4 Å². The molecule has 1 fully saturated rings. The van der Waals surface area contributed by atoms with Crippen LogP contribution in [0.25, 0.3) is 0 Å². The number of hydrogen-bond acceptors (Lipinski definition) is 3. The fourth-order valence-electron chi connectivity index (χ4n) is 3.17. The SMILES string of the molecule is O=[N+]([O-])c1ccc(Cl)c(NC(=S)N[C@H]2CC[NH+](Cc3ccccc3)C2)c1. The normalized spacial score (nSPS) is 19.1. The third-order valence-corrected chi connectivity index (χ3v) is 4.97. The Hall–Kier alpha value is -2.22. The molecule has 0 saturated carbocycles. The van der Waals surface area contributed by atoms with E-state index in [0.29, 0.717) is 15.8 Å². The second kappa shape index (κ2) is 8.44. The van der Waals surface area contributed by atoms with Gasteiger partial charge in [-0.15, -0.1) is 0 Å². The molecule has 1 unspecified atom stereocenters. The zero-order chi connectivity index (χ0) is 18.5. The summed E-state index contributed by atoms with van der Waals surface area (Å²) >= 11 is 11.4. The van der Waals surface area contributed by atoms with Gasteiger partial charge in [-0.2, -0.15) is 0 Å². The molecule has 0 bridgehead atoms. The van der Waals surface area contributed by atoms with Gasteiger partial charge in [0.2, 0.25) is 0 Å². The Morgan fingerprint density at radius 3 is 2.81 bits per heavy atom. The third-order valence-electron chi connectivity index (χ3n) is 4.42. The molecule has 26 heavy (non-hydrogen) atoms. The summed E-state index contributed by atoms with van der Waals surface area (Å²) in [4.78, 5) is 11.9. The molecule has 136 valence electrons. The third kappa shape index (κ3) is 4.91. The summed E-state index contributed by atoms with van der Waals surface area (Å²) < 4.78 is 0. The molecule has 0 radical (unpaired) electrons. The molecule has 0 spiro atoms. The minimum Gasteiger partial charge on any atom is -0.354 e. The van der Waals surface area contributed by atoms with Gasteiger partial charge >= 0.3 is 0 Å². The first kappa shape index (κ1) is 18.6. The van der Waals surface area contributed by atoms with Crippen LogP contribution in [0.1, 0.15) is 12.0 Å². The molecule has 2 aromatic rings. The molecule has 8 heteroatoms. The van der Waals surface area contributed by atoms with Crippen molar-refractivity contribution < 1.29 is 9.82 Å². The molecule has 3 rings (SSSR count). The zero-order valence-corrected chi connectivity index (χ0v) is 15.6. The Morgan fingerprint density at radius 1 is 1.31 bits per heavy atom. The van der Waals surface area contributed by atoms with Crippen molar-refractivity contribution in [3.8, 4) is 0 Å². The van der Waals surface area contributed by atoms with Gasteiger partial charge in [-0.1, -0.05) is 41.9 Å². The van der Waals surface area contributed by atoms with Gasteiger partial charge in [0, 0.05) is 24.1 Å². The number of non-ortho nitro benzene ring substituents is 1. The Labute approximate surface area is 162 Å². The predicted molar refractivity (Wildman–Crippen MR) is 107 cm³/mol. The van der Waals surface area contributed by atoms with Crippen LogP contribution in [-0.2, 0) is 6.54 Å². The Morgan fingerprint density at radius 2 is 2.08 bits per heavy atom. The number of halogens is 1. The van der Waals surface area contributed by atoms with E-state index in [1.807, 2.05) is 6.07 Å². The lowest BCUT2D eigenvalue weighted by atomic mass is 10.2. The molecule has 0 aromatic heterocycles. The summed E-state index contributed by atoms with van der Waals surface area (Å²) in [6.45, 7) is 3.04. The lowest BCUT2D eigenvalue weighted by Crippen LogP contribution is -3.09. The van der Waals surface area contributed by atoms with Crippen LogP contribution in [-0.4, -0.2) is 29.2 Å². The van der Waals surface area contributed by atoms with Gasteiger partial charge in [-0.3, -0.25) is 10.1 Å². The van der Waals surface area contributed by atoms with Crippen LogP contribution in [0.2, 0.25) is 5.02 Å². The molecular weight excluding hydrogens is 372 g/mol. The molecular formula is C18H20ClN4O2S+. The maximum absolute atomic E-state index is 10.9. The van der Waals surface area contributed by atoms with E-state index < -0.39 is 4.92 Å². The molecule has 1 aliphatic rings. The standard InChI is InChI=1S/C18H19ClN4O2S/c19-16-7-6-15(23(24)25)10-17(16)21-18(26)20-14-8-9-22(12-14)11-13-4-2-1-3-5-13/h1-7,10,14H,8-9,11-12H2,(H2,20,21,26)/p+1/t14-/m0/s1. The maximum Gasteiger partial charge on any atom is 0.271 e. The number of hydrogen-bond donors (Lipinski definition) is 3. The van der Waals surface area contributed by atoms with E-state index in [0.717, 1.165) is 26.1 Å². The number of rotatable bonds is 5. The van der Waals surface area contributed by atoms with Gasteiger partial charge in [0.05, 0.1) is 34.8 Å². The lowest BCUT2D eigenvalue weighted by molar-refractivity contribution is -0.901. The van der Waals surface area contributed by atoms with E-state index >= 15 is 0 Å². The number of nitrogens with one attached hydrogen (secondary N) is 3. The summed E-state index contributed by atoms with van der Waals surface area (Å²) in [5, 5.41) is 18.0. The highest BCUT2D eigenvalue weighted by molar-refractivity contribution is 7.80. The van der Waals surface area contributed by atoms with Gasteiger partial charge in [-0.05, 0) is 18.3 Å². The molecule has 0 amide bonds. The zero-order valence-electron chi connectivity index (χ0n) is 14.1. The largest absolute Gasteiger partial charge is 0.354 e. The van der Waals surface area contributed by atoms with Crippen molar-refractivity contribution in [3.63, 3.8) is 0 Å². The van der Waals surface area contributed by atoms with Gasteiger partial charge in [0.15, 0.2) is 5.11 Å². The van der Waals surface area contributed by atoms with Crippen molar-refractivity contribution in [1.82, 2.24) is 5.32 Å². The Bertz CT molecular complexity index is 803. The van der Waals surface area contributed by atoms with Crippen molar-refractivity contribution in [3.05, 3.63) is 69.2 Å². The number of quaternary nitrogens is 1. The van der Waals surface area contributed by atoms with Gasteiger partial charge < -0.3 is 15.5 Å². The first-order valence-corrected chi connectivity index (χ1v) is 9.19. The molecule has 2 atom stereocenters. The number of nitro benzene ring substituents is 1. The molecule has 6 nitrogen and oxygen atoms in total. The lowest BCUT2D eigenvalue weighted by Gasteiger charge is -2.16. The number of anilines is 1. The fourth-order valence-corrected chi connectivity index (χ4v) is 3.61. The number of thiocarbonyl (C=S) groups is 1. The van der Waals surface area contributed by atoms with Gasteiger partial charge in [-0.25, -0.2) is 0 Å². The summed E-state index contributed by atoms with van der Waals surface area (Å²) in [5.74, 6) is 0. The van der Waals surface area contributed by atoms with E-state index in [1.54, 1.807) is 0 Å². The fraction of sp³-hybridized carbons (Fsp3) is 0.278. The van der Waals surface area contributed by atoms with E-state index in [2.05, 4.69) is 34.9 Å². The van der Waals surface area contributed by atoms with Crippen LogP contribution in [0.5, 0.6) is 0 Å². The molecule has 1 saturated heterocycles. The van der Waals surface area contributed by atoms with E-state index in [-0.39, 0.29) is 11.7 Å². The highest BCUT2D eigenvalue weighted by Crippen LogP contribution is 2.26. The van der Waals surface area contributed by atoms with Crippen molar-refractivity contribution in [2.75, 3.05) is 18.4 Å². The number of nitrogens with zero attached hydrogens (tertiary/aromatic N) is 1.